The highest BCUT2D eigenvalue weighted by atomic mass is 16.5. The highest BCUT2D eigenvalue weighted by Crippen LogP contribution is 2.41. The molecule has 3 rings (SSSR count). The van der Waals surface area contributed by atoms with Gasteiger partial charge in [-0.3, -0.25) is 14.5 Å². The van der Waals surface area contributed by atoms with Gasteiger partial charge in [-0.05, 0) is 29.7 Å². The van der Waals surface area contributed by atoms with Crippen molar-refractivity contribution in [3.8, 4) is 0 Å². The number of carbonyl (C=O) groups excluding carboxylic acids is 4. The second-order valence-corrected chi connectivity index (χ2v) is 7.25. The van der Waals surface area contributed by atoms with Crippen LogP contribution < -0.4 is 4.90 Å². The van der Waals surface area contributed by atoms with E-state index in [2.05, 4.69) is 0 Å². The van der Waals surface area contributed by atoms with Gasteiger partial charge in [-0.1, -0.05) is 42.5 Å². The van der Waals surface area contributed by atoms with Crippen molar-refractivity contribution in [1.29, 1.82) is 0 Å². The summed E-state index contributed by atoms with van der Waals surface area (Å²) in [5.41, 5.74) is 0.562. The van der Waals surface area contributed by atoms with Crippen molar-refractivity contribution in [2.24, 2.45) is 0 Å². The maximum Gasteiger partial charge on any atom is 0.344 e. The van der Waals surface area contributed by atoms with Crippen molar-refractivity contribution < 1.29 is 28.7 Å². The summed E-state index contributed by atoms with van der Waals surface area (Å²) in [6, 6.07) is 14.2. The van der Waals surface area contributed by atoms with E-state index in [1.54, 1.807) is 30.3 Å². The first-order chi connectivity index (χ1) is 14.3. The molecule has 0 aliphatic carbocycles. The Morgan fingerprint density at radius 2 is 1.53 bits per heavy atom. The molecule has 7 nitrogen and oxygen atoms in total. The molecule has 1 heterocycles. The molecule has 0 unspecified atom stereocenters. The summed E-state index contributed by atoms with van der Waals surface area (Å²) in [6.07, 6.45) is 0.119. The van der Waals surface area contributed by atoms with Crippen LogP contribution in [0.4, 0.5) is 5.69 Å². The van der Waals surface area contributed by atoms with E-state index in [1.807, 2.05) is 18.2 Å². The van der Waals surface area contributed by atoms with Crippen LogP contribution in [0.3, 0.4) is 0 Å². The Kier molecular flexibility index (Phi) is 6.01. The second kappa shape index (κ2) is 8.49. The normalized spacial score (nSPS) is 14.0. The molecule has 2 aromatic carbocycles. The molecule has 30 heavy (non-hydrogen) atoms. The lowest BCUT2D eigenvalue weighted by atomic mass is 9.93. The first kappa shape index (κ1) is 21.2. The van der Waals surface area contributed by atoms with Gasteiger partial charge in [0.1, 0.15) is 5.78 Å². The fourth-order valence-electron chi connectivity index (χ4n) is 3.90. The van der Waals surface area contributed by atoms with Crippen LogP contribution in [-0.4, -0.2) is 43.4 Å². The van der Waals surface area contributed by atoms with Crippen molar-refractivity contribution in [3.63, 3.8) is 0 Å². The second-order valence-electron chi connectivity index (χ2n) is 7.25. The Balaban J connectivity index is 2.12. The maximum absolute atomic E-state index is 13.4. The first-order valence-electron chi connectivity index (χ1n) is 9.48. The Morgan fingerprint density at radius 1 is 0.900 bits per heavy atom. The van der Waals surface area contributed by atoms with Gasteiger partial charge >= 0.3 is 11.9 Å². The highest BCUT2D eigenvalue weighted by Gasteiger charge is 2.60. The molecule has 0 N–H and O–H groups in total. The van der Waals surface area contributed by atoms with Gasteiger partial charge in [0, 0.05) is 18.5 Å². The van der Waals surface area contributed by atoms with Gasteiger partial charge in [0.05, 0.1) is 20.6 Å². The Labute approximate surface area is 174 Å². The average molecular weight is 409 g/mol. The Bertz CT molecular complexity index is 982. The van der Waals surface area contributed by atoms with Crippen LogP contribution in [0.1, 0.15) is 23.6 Å². The lowest BCUT2D eigenvalue weighted by Gasteiger charge is -2.33. The third kappa shape index (κ3) is 3.70. The minimum atomic E-state index is -1.95. The highest BCUT2D eigenvalue weighted by molar-refractivity contribution is 6.18. The summed E-state index contributed by atoms with van der Waals surface area (Å²) < 4.78 is 9.86. The van der Waals surface area contributed by atoms with E-state index in [1.165, 1.54) is 11.8 Å². The van der Waals surface area contributed by atoms with Gasteiger partial charge in [0.15, 0.2) is 0 Å². The van der Waals surface area contributed by atoms with Crippen LogP contribution >= 0.6 is 0 Å². The van der Waals surface area contributed by atoms with Crippen LogP contribution in [-0.2, 0) is 47.9 Å². The van der Waals surface area contributed by atoms with Crippen LogP contribution in [0.2, 0.25) is 0 Å². The van der Waals surface area contributed by atoms with E-state index in [4.69, 9.17) is 9.47 Å². The van der Waals surface area contributed by atoms with E-state index >= 15 is 0 Å². The molecule has 7 heteroatoms. The number of hydrogen-bond donors (Lipinski definition) is 0. The standard InChI is InChI=1S/C23H23NO6/c1-15(25)11-17-9-10-19-18(12-17)14-23(21(27)29-2,22(28)30-3)24(19)20(26)13-16-7-5-4-6-8-16/h4-10,12H,11,13-14H2,1-3H3. The third-order valence-corrected chi connectivity index (χ3v) is 5.16. The number of methoxy groups -OCH3 is 2. The molecule has 1 aliphatic heterocycles. The number of carbonyl (C=O) groups is 4. The lowest BCUT2D eigenvalue weighted by Crippen LogP contribution is -2.62. The molecule has 156 valence electrons. The van der Waals surface area contributed by atoms with Gasteiger partial charge in [-0.2, -0.15) is 0 Å². The van der Waals surface area contributed by atoms with E-state index in [0.29, 0.717) is 11.3 Å². The zero-order chi connectivity index (χ0) is 21.9. The predicted octanol–water partition coefficient (Wildman–Crippen LogP) is 2.03. The molecular weight excluding hydrogens is 386 g/mol. The van der Waals surface area contributed by atoms with Crippen LogP contribution in [0.25, 0.3) is 0 Å². The third-order valence-electron chi connectivity index (χ3n) is 5.16. The molecular formula is C23H23NO6. The fourth-order valence-corrected chi connectivity index (χ4v) is 3.90. The van der Waals surface area contributed by atoms with Crippen molar-refractivity contribution in [3.05, 3.63) is 65.2 Å². The van der Waals surface area contributed by atoms with E-state index in [9.17, 15) is 19.2 Å². The zero-order valence-electron chi connectivity index (χ0n) is 17.1. The molecule has 0 spiro atoms. The number of amides is 1. The monoisotopic (exact) mass is 409 g/mol. The first-order valence-corrected chi connectivity index (χ1v) is 9.48. The quantitative estimate of drug-likeness (QED) is 0.536. The summed E-state index contributed by atoms with van der Waals surface area (Å²) in [7, 11) is 2.33. The summed E-state index contributed by atoms with van der Waals surface area (Å²) in [4.78, 5) is 51.8. The Hall–Kier alpha value is -3.48. The molecule has 0 fully saturated rings. The van der Waals surface area contributed by atoms with Crippen molar-refractivity contribution in [2.75, 3.05) is 19.1 Å². The van der Waals surface area contributed by atoms with E-state index < -0.39 is 23.4 Å². The number of nitrogens with zero attached hydrogens (tertiary/aromatic N) is 1. The number of anilines is 1. The molecule has 0 saturated heterocycles. The number of fused-ring (bicyclic) bond motifs is 1. The summed E-state index contributed by atoms with van der Waals surface area (Å²) in [5.74, 6) is -2.20. The van der Waals surface area contributed by atoms with Crippen molar-refractivity contribution in [1.82, 2.24) is 0 Å². The summed E-state index contributed by atoms with van der Waals surface area (Å²) in [6.45, 7) is 1.48. The predicted molar refractivity (Wildman–Crippen MR) is 109 cm³/mol. The SMILES string of the molecule is COC(=O)C1(C(=O)OC)Cc2cc(CC(C)=O)ccc2N1C(=O)Cc1ccccc1. The molecule has 0 atom stereocenters. The number of hydrogen-bond acceptors (Lipinski definition) is 6. The number of rotatable bonds is 6. The van der Waals surface area contributed by atoms with Crippen molar-refractivity contribution in [2.45, 2.75) is 31.7 Å². The zero-order valence-corrected chi connectivity index (χ0v) is 17.1. The minimum Gasteiger partial charge on any atom is -0.467 e. The summed E-state index contributed by atoms with van der Waals surface area (Å²) in [5, 5.41) is 0. The van der Waals surface area contributed by atoms with Gasteiger partial charge in [0.2, 0.25) is 11.4 Å². The molecule has 0 aromatic heterocycles. The lowest BCUT2D eigenvalue weighted by molar-refractivity contribution is -0.162. The van der Waals surface area contributed by atoms with Crippen molar-refractivity contribution >= 4 is 29.3 Å². The van der Waals surface area contributed by atoms with Gasteiger partial charge in [-0.25, -0.2) is 9.59 Å². The van der Waals surface area contributed by atoms with Crippen LogP contribution in [0.5, 0.6) is 0 Å². The van der Waals surface area contributed by atoms with Crippen LogP contribution in [0, 0.1) is 0 Å². The molecule has 1 amide bonds. The van der Waals surface area contributed by atoms with E-state index in [-0.39, 0.29) is 25.0 Å². The Morgan fingerprint density at radius 3 is 2.10 bits per heavy atom. The van der Waals surface area contributed by atoms with Gasteiger partial charge in [0.25, 0.3) is 0 Å². The topological polar surface area (TPSA) is 90.0 Å². The molecule has 2 aromatic rings. The number of ketones is 1. The number of ether oxygens (including phenoxy) is 2. The molecule has 1 aliphatic rings. The van der Waals surface area contributed by atoms with Crippen LogP contribution in [0.15, 0.2) is 48.5 Å². The van der Waals surface area contributed by atoms with Gasteiger partial charge in [-0.15, -0.1) is 0 Å². The smallest absolute Gasteiger partial charge is 0.344 e. The number of benzene rings is 2. The number of esters is 2. The van der Waals surface area contributed by atoms with Gasteiger partial charge < -0.3 is 9.47 Å². The summed E-state index contributed by atoms with van der Waals surface area (Å²) >= 11 is 0. The fraction of sp³-hybridized carbons (Fsp3) is 0.304. The largest absolute Gasteiger partial charge is 0.467 e. The maximum atomic E-state index is 13.4. The van der Waals surface area contributed by atoms with E-state index in [0.717, 1.165) is 25.3 Å². The number of Topliss-reactive ketones (excluding diaryl/α,β-unsaturated/α-hetero) is 1. The average Bonchev–Trinajstić information content (AvgIpc) is 3.08. The molecule has 0 saturated carbocycles. The molecule has 0 radical (unpaired) electrons. The minimum absolute atomic E-state index is 0.00871. The molecule has 0 bridgehead atoms.